The van der Waals surface area contributed by atoms with Crippen LogP contribution < -0.4 is 9.46 Å². The third kappa shape index (κ3) is 8.85. The van der Waals surface area contributed by atoms with Crippen LogP contribution in [-0.4, -0.2) is 34.0 Å². The molecule has 0 amide bonds. The predicted octanol–water partition coefficient (Wildman–Crippen LogP) is 5.35. The fraction of sp³-hybridized carbons (Fsp3) is 0.308. The lowest BCUT2D eigenvalue weighted by atomic mass is 10.1. The normalized spacial score (nSPS) is 12.4. The lowest BCUT2D eigenvalue weighted by Gasteiger charge is -2.28. The fourth-order valence-electron chi connectivity index (χ4n) is 3.02. The summed E-state index contributed by atoms with van der Waals surface area (Å²) in [6.45, 7) is 3.50. The minimum absolute atomic E-state index is 0.0568. The molecule has 1 N–H and O–H groups in total. The first-order chi connectivity index (χ1) is 17.1. The van der Waals surface area contributed by atoms with E-state index in [0.29, 0.717) is 5.75 Å². The smallest absolute Gasteiger partial charge is 0.356 e. The fourth-order valence-corrected chi connectivity index (χ4v) is 5.64. The Morgan fingerprint density at radius 2 is 1.31 bits per heavy atom. The van der Waals surface area contributed by atoms with Gasteiger partial charge in [-0.25, -0.2) is 13.1 Å². The van der Waals surface area contributed by atoms with Crippen LogP contribution in [0.4, 0.5) is 0 Å². The van der Waals surface area contributed by atoms with E-state index in [2.05, 4.69) is 4.72 Å². The number of sulfonamides is 1. The van der Waals surface area contributed by atoms with Crippen molar-refractivity contribution >= 4 is 17.6 Å². The summed E-state index contributed by atoms with van der Waals surface area (Å²) in [5, 5.41) is 0. The van der Waals surface area contributed by atoms with Crippen molar-refractivity contribution in [3.8, 4) is 5.75 Å². The van der Waals surface area contributed by atoms with Gasteiger partial charge >= 0.3 is 7.60 Å². The summed E-state index contributed by atoms with van der Waals surface area (Å²) < 4.78 is 63.9. The average molecular weight is 534 g/mol. The van der Waals surface area contributed by atoms with E-state index in [4.69, 9.17) is 18.5 Å². The molecule has 3 aromatic rings. The zero-order valence-corrected chi connectivity index (χ0v) is 22.3. The first kappa shape index (κ1) is 28.1. The topological polar surface area (TPSA) is 100 Å². The quantitative estimate of drug-likeness (QED) is 0.279. The van der Waals surface area contributed by atoms with E-state index in [1.807, 2.05) is 60.7 Å². The standard InChI is InChI=1S/C26H32NO7PS/c1-26(2,20-27-36(29,30)25-16-14-24(31-3)15-17-25)32-21-35(28,33-18-22-10-6-4-7-11-22)34-19-23-12-8-5-9-13-23/h4-17,27H,18-21H2,1-3H3. The van der Waals surface area contributed by atoms with Crippen LogP contribution in [0.15, 0.2) is 89.8 Å². The van der Waals surface area contributed by atoms with E-state index >= 15 is 0 Å². The van der Waals surface area contributed by atoms with Gasteiger partial charge in [-0.15, -0.1) is 0 Å². The maximum Gasteiger partial charge on any atom is 0.356 e. The summed E-state index contributed by atoms with van der Waals surface area (Å²) in [7, 11) is -5.97. The van der Waals surface area contributed by atoms with Crippen molar-refractivity contribution in [1.82, 2.24) is 4.72 Å². The van der Waals surface area contributed by atoms with Gasteiger partial charge in [0.2, 0.25) is 10.0 Å². The maximum absolute atomic E-state index is 13.6. The van der Waals surface area contributed by atoms with Crippen molar-refractivity contribution in [1.29, 1.82) is 0 Å². The third-order valence-corrected chi connectivity index (χ3v) is 8.12. The first-order valence-electron chi connectivity index (χ1n) is 11.3. The number of hydrogen-bond acceptors (Lipinski definition) is 7. The SMILES string of the molecule is COc1ccc(S(=O)(=O)NCC(C)(C)OCP(=O)(OCc2ccccc2)OCc2ccccc2)cc1. The highest BCUT2D eigenvalue weighted by molar-refractivity contribution is 7.89. The highest BCUT2D eigenvalue weighted by Gasteiger charge is 2.31. The summed E-state index contributed by atoms with van der Waals surface area (Å²) in [6.07, 6.45) is -0.343. The molecule has 0 spiro atoms. The van der Waals surface area contributed by atoms with E-state index in [-0.39, 0.29) is 31.0 Å². The molecule has 0 aliphatic rings. The summed E-state index contributed by atoms with van der Waals surface area (Å²) in [5.41, 5.74) is 0.682. The highest BCUT2D eigenvalue weighted by atomic mass is 32.2. The summed E-state index contributed by atoms with van der Waals surface area (Å²) in [4.78, 5) is 0.0992. The number of rotatable bonds is 14. The molecule has 0 atom stereocenters. The number of ether oxygens (including phenoxy) is 2. The Kier molecular flexibility index (Phi) is 9.84. The molecule has 8 nitrogen and oxygen atoms in total. The first-order valence-corrected chi connectivity index (χ1v) is 14.6. The molecule has 0 bridgehead atoms. The number of benzene rings is 3. The molecule has 0 radical (unpaired) electrons. The van der Waals surface area contributed by atoms with Gasteiger partial charge in [0.05, 0.1) is 30.8 Å². The van der Waals surface area contributed by atoms with Crippen LogP contribution >= 0.6 is 7.60 Å². The molecule has 0 saturated carbocycles. The number of methoxy groups -OCH3 is 1. The Hall–Kier alpha value is -2.52. The lowest BCUT2D eigenvalue weighted by molar-refractivity contribution is 0.000522. The van der Waals surface area contributed by atoms with E-state index in [1.54, 1.807) is 26.0 Å². The van der Waals surface area contributed by atoms with Crippen molar-refractivity contribution in [3.05, 3.63) is 96.1 Å². The van der Waals surface area contributed by atoms with Gasteiger partial charge in [-0.05, 0) is 49.2 Å². The average Bonchev–Trinajstić information content (AvgIpc) is 2.90. The molecular formula is C26H32NO7PS. The van der Waals surface area contributed by atoms with Crippen molar-refractivity contribution in [2.45, 2.75) is 37.6 Å². The van der Waals surface area contributed by atoms with Crippen molar-refractivity contribution in [3.63, 3.8) is 0 Å². The minimum Gasteiger partial charge on any atom is -0.497 e. The van der Waals surface area contributed by atoms with Crippen LogP contribution in [0.5, 0.6) is 5.75 Å². The molecule has 36 heavy (non-hydrogen) atoms. The Morgan fingerprint density at radius 1 is 0.806 bits per heavy atom. The molecule has 0 aliphatic heterocycles. The molecule has 194 valence electrons. The van der Waals surface area contributed by atoms with Gasteiger partial charge in [-0.3, -0.25) is 4.57 Å². The van der Waals surface area contributed by atoms with Gasteiger partial charge in [-0.2, -0.15) is 0 Å². The second kappa shape index (κ2) is 12.6. The predicted molar refractivity (Wildman–Crippen MR) is 138 cm³/mol. The molecule has 0 aliphatic carbocycles. The molecule has 0 aromatic heterocycles. The molecule has 0 fully saturated rings. The van der Waals surface area contributed by atoms with E-state index in [0.717, 1.165) is 11.1 Å². The zero-order chi connectivity index (χ0) is 26.1. The molecule has 0 heterocycles. The van der Waals surface area contributed by atoms with Gasteiger partial charge in [0.1, 0.15) is 12.1 Å². The summed E-state index contributed by atoms with van der Waals surface area (Å²) in [5.74, 6) is 0.555. The van der Waals surface area contributed by atoms with Gasteiger partial charge in [0.15, 0.2) is 0 Å². The van der Waals surface area contributed by atoms with Gasteiger partial charge in [0, 0.05) is 6.54 Å². The highest BCUT2D eigenvalue weighted by Crippen LogP contribution is 2.50. The van der Waals surface area contributed by atoms with Crippen LogP contribution in [0, 0.1) is 0 Å². The Labute approximate surface area is 213 Å². The van der Waals surface area contributed by atoms with Crippen LogP contribution in [-0.2, 0) is 41.6 Å². The van der Waals surface area contributed by atoms with Crippen molar-refractivity contribution in [2.24, 2.45) is 0 Å². The van der Waals surface area contributed by atoms with E-state index in [9.17, 15) is 13.0 Å². The van der Waals surface area contributed by atoms with Crippen LogP contribution in [0.3, 0.4) is 0 Å². The van der Waals surface area contributed by atoms with Crippen LogP contribution in [0.1, 0.15) is 25.0 Å². The zero-order valence-electron chi connectivity index (χ0n) is 20.6. The minimum atomic E-state index is -3.78. The largest absolute Gasteiger partial charge is 0.497 e. The molecule has 0 unspecified atom stereocenters. The van der Waals surface area contributed by atoms with Crippen molar-refractivity contribution < 1.29 is 31.5 Å². The molecule has 3 rings (SSSR count). The molecule has 3 aromatic carbocycles. The summed E-state index contributed by atoms with van der Waals surface area (Å²) >= 11 is 0. The molecular weight excluding hydrogens is 501 g/mol. The second-order valence-electron chi connectivity index (χ2n) is 8.66. The van der Waals surface area contributed by atoms with Gasteiger partial charge in [-0.1, -0.05) is 60.7 Å². The molecule has 0 saturated heterocycles. The maximum atomic E-state index is 13.6. The second-order valence-corrected chi connectivity index (χ2v) is 12.4. The van der Waals surface area contributed by atoms with Crippen molar-refractivity contribution in [2.75, 3.05) is 20.0 Å². The molecule has 10 heteroatoms. The monoisotopic (exact) mass is 533 g/mol. The lowest BCUT2D eigenvalue weighted by Crippen LogP contribution is -2.40. The number of nitrogens with one attached hydrogen (secondary N) is 1. The van der Waals surface area contributed by atoms with Gasteiger partial charge < -0.3 is 18.5 Å². The number of hydrogen-bond donors (Lipinski definition) is 1. The van der Waals surface area contributed by atoms with Crippen LogP contribution in [0.25, 0.3) is 0 Å². The van der Waals surface area contributed by atoms with E-state index < -0.39 is 23.2 Å². The summed E-state index contributed by atoms with van der Waals surface area (Å²) in [6, 6.07) is 24.7. The van der Waals surface area contributed by atoms with E-state index in [1.165, 1.54) is 19.2 Å². The van der Waals surface area contributed by atoms with Gasteiger partial charge in [0.25, 0.3) is 0 Å². The Morgan fingerprint density at radius 3 is 1.78 bits per heavy atom. The Bertz CT molecular complexity index is 1190. The third-order valence-electron chi connectivity index (χ3n) is 5.21. The Balaban J connectivity index is 1.63. The van der Waals surface area contributed by atoms with Crippen LogP contribution in [0.2, 0.25) is 0 Å².